The van der Waals surface area contributed by atoms with E-state index in [-0.39, 0.29) is 0 Å². The molecule has 0 aromatic rings. The fourth-order valence-electron chi connectivity index (χ4n) is 1.43. The molecule has 0 aromatic carbocycles. The molecule has 0 rings (SSSR count). The lowest BCUT2D eigenvalue weighted by Gasteiger charge is -2.02. The molecule has 1 unspecified atom stereocenters. The summed E-state index contributed by atoms with van der Waals surface area (Å²) in [6, 6.07) is 0. The molecule has 0 aromatic heterocycles. The topological polar surface area (TPSA) is 0 Å². The van der Waals surface area contributed by atoms with Crippen molar-refractivity contribution in [3.05, 3.63) is 24.3 Å². The van der Waals surface area contributed by atoms with Gasteiger partial charge in [0.15, 0.2) is 0 Å². The number of allylic oxidation sites excluding steroid dienone is 4. The fourth-order valence-corrected chi connectivity index (χ4v) is 1.43. The Hall–Kier alpha value is -0.520. The predicted molar refractivity (Wildman–Crippen MR) is 66.5 cm³/mol. The highest BCUT2D eigenvalue weighted by atomic mass is 14.0. The Labute approximate surface area is 90.1 Å². The standard InChI is InChI=1S/C14H26/c1-4-7-9-10-11-13-14(6-3)12-8-5-2/h8,11-14H,4-7,9-10H2,1-3H3. The molecule has 0 aliphatic rings. The van der Waals surface area contributed by atoms with E-state index in [1.807, 2.05) is 0 Å². The largest absolute Gasteiger partial charge is 0.0882 e. The lowest BCUT2D eigenvalue weighted by molar-refractivity contribution is 0.719. The maximum atomic E-state index is 2.36. The van der Waals surface area contributed by atoms with Gasteiger partial charge in [0, 0.05) is 0 Å². The minimum Gasteiger partial charge on any atom is -0.0882 e. The van der Waals surface area contributed by atoms with Crippen LogP contribution in [-0.4, -0.2) is 0 Å². The van der Waals surface area contributed by atoms with Crippen LogP contribution >= 0.6 is 0 Å². The van der Waals surface area contributed by atoms with E-state index in [1.54, 1.807) is 0 Å². The minimum atomic E-state index is 0.663. The van der Waals surface area contributed by atoms with E-state index in [0.29, 0.717) is 5.92 Å². The maximum absolute atomic E-state index is 2.36. The average molecular weight is 194 g/mol. The highest BCUT2D eigenvalue weighted by molar-refractivity contribution is 4.99. The first-order valence-electron chi connectivity index (χ1n) is 6.18. The number of hydrogen-bond donors (Lipinski definition) is 0. The Morgan fingerprint density at radius 2 is 1.64 bits per heavy atom. The van der Waals surface area contributed by atoms with Crippen molar-refractivity contribution in [2.75, 3.05) is 0 Å². The van der Waals surface area contributed by atoms with Crippen molar-refractivity contribution < 1.29 is 0 Å². The Bertz CT molecular complexity index is 153. The second kappa shape index (κ2) is 10.6. The second-order valence-corrected chi connectivity index (χ2v) is 3.83. The van der Waals surface area contributed by atoms with Gasteiger partial charge in [-0.3, -0.25) is 0 Å². The van der Waals surface area contributed by atoms with Gasteiger partial charge in [0.2, 0.25) is 0 Å². The van der Waals surface area contributed by atoms with Crippen molar-refractivity contribution in [3.63, 3.8) is 0 Å². The molecule has 14 heavy (non-hydrogen) atoms. The van der Waals surface area contributed by atoms with Gasteiger partial charge in [0.25, 0.3) is 0 Å². The van der Waals surface area contributed by atoms with Gasteiger partial charge in [0.1, 0.15) is 0 Å². The lowest BCUT2D eigenvalue weighted by Crippen LogP contribution is -1.87. The van der Waals surface area contributed by atoms with Crippen LogP contribution in [0, 0.1) is 5.92 Å². The zero-order valence-corrected chi connectivity index (χ0v) is 10.1. The second-order valence-electron chi connectivity index (χ2n) is 3.83. The van der Waals surface area contributed by atoms with E-state index >= 15 is 0 Å². The summed E-state index contributed by atoms with van der Waals surface area (Å²) in [6.45, 7) is 6.69. The molecule has 0 fully saturated rings. The number of rotatable bonds is 8. The molecule has 82 valence electrons. The van der Waals surface area contributed by atoms with Crippen LogP contribution in [0.4, 0.5) is 0 Å². The summed E-state index contributed by atoms with van der Waals surface area (Å²) in [5.74, 6) is 0.663. The number of hydrogen-bond acceptors (Lipinski definition) is 0. The molecule has 0 N–H and O–H groups in total. The minimum absolute atomic E-state index is 0.663. The summed E-state index contributed by atoms with van der Waals surface area (Å²) in [5, 5.41) is 0. The van der Waals surface area contributed by atoms with Crippen molar-refractivity contribution in [1.29, 1.82) is 0 Å². The van der Waals surface area contributed by atoms with Gasteiger partial charge in [-0.15, -0.1) is 0 Å². The third-order valence-electron chi connectivity index (χ3n) is 2.45. The van der Waals surface area contributed by atoms with E-state index in [2.05, 4.69) is 45.1 Å². The first kappa shape index (κ1) is 13.5. The van der Waals surface area contributed by atoms with Crippen molar-refractivity contribution in [3.8, 4) is 0 Å². The Kier molecular flexibility index (Phi) is 10.2. The molecule has 0 heterocycles. The van der Waals surface area contributed by atoms with Gasteiger partial charge >= 0.3 is 0 Å². The van der Waals surface area contributed by atoms with Gasteiger partial charge in [-0.1, -0.05) is 57.9 Å². The van der Waals surface area contributed by atoms with Crippen LogP contribution in [0.3, 0.4) is 0 Å². The molecule has 0 spiro atoms. The van der Waals surface area contributed by atoms with Gasteiger partial charge in [-0.05, 0) is 31.6 Å². The lowest BCUT2D eigenvalue weighted by atomic mass is 10.0. The van der Waals surface area contributed by atoms with Crippen LogP contribution in [0.2, 0.25) is 0 Å². The van der Waals surface area contributed by atoms with Gasteiger partial charge in [-0.2, -0.15) is 0 Å². The Morgan fingerprint density at radius 3 is 2.21 bits per heavy atom. The summed E-state index contributed by atoms with van der Waals surface area (Å²) < 4.78 is 0. The SMILES string of the molecule is CCC=CC(C=CCCCCC)CC. The maximum Gasteiger partial charge on any atom is -0.00561 e. The quantitative estimate of drug-likeness (QED) is 0.372. The van der Waals surface area contributed by atoms with E-state index in [1.165, 1.54) is 32.1 Å². The predicted octanol–water partition coefficient (Wildman–Crippen LogP) is 5.12. The molecule has 0 heteroatoms. The molecular weight excluding hydrogens is 168 g/mol. The Morgan fingerprint density at radius 1 is 0.929 bits per heavy atom. The van der Waals surface area contributed by atoms with E-state index in [0.717, 1.165) is 6.42 Å². The van der Waals surface area contributed by atoms with Gasteiger partial charge < -0.3 is 0 Å². The molecule has 0 bridgehead atoms. The van der Waals surface area contributed by atoms with E-state index in [9.17, 15) is 0 Å². The normalized spacial score (nSPS) is 14.2. The van der Waals surface area contributed by atoms with Crippen LogP contribution in [0.15, 0.2) is 24.3 Å². The van der Waals surface area contributed by atoms with Crippen molar-refractivity contribution in [2.45, 2.75) is 59.3 Å². The molecular formula is C14H26. The zero-order chi connectivity index (χ0) is 10.6. The third-order valence-corrected chi connectivity index (χ3v) is 2.45. The Balaban J connectivity index is 3.63. The zero-order valence-electron chi connectivity index (χ0n) is 10.1. The summed E-state index contributed by atoms with van der Waals surface area (Å²) in [7, 11) is 0. The van der Waals surface area contributed by atoms with Crippen LogP contribution in [0.25, 0.3) is 0 Å². The van der Waals surface area contributed by atoms with Crippen LogP contribution in [0.5, 0.6) is 0 Å². The molecule has 0 radical (unpaired) electrons. The van der Waals surface area contributed by atoms with E-state index in [4.69, 9.17) is 0 Å². The van der Waals surface area contributed by atoms with E-state index < -0.39 is 0 Å². The molecule has 0 saturated heterocycles. The summed E-state index contributed by atoms with van der Waals surface area (Å²) in [5.41, 5.74) is 0. The third kappa shape index (κ3) is 8.10. The number of unbranched alkanes of at least 4 members (excludes halogenated alkanes) is 3. The van der Waals surface area contributed by atoms with Crippen molar-refractivity contribution in [2.24, 2.45) is 5.92 Å². The van der Waals surface area contributed by atoms with Crippen molar-refractivity contribution in [1.82, 2.24) is 0 Å². The fraction of sp³-hybridized carbons (Fsp3) is 0.714. The van der Waals surface area contributed by atoms with Crippen LogP contribution in [0.1, 0.15) is 59.3 Å². The summed E-state index contributed by atoms with van der Waals surface area (Å²) >= 11 is 0. The van der Waals surface area contributed by atoms with Gasteiger partial charge in [-0.25, -0.2) is 0 Å². The monoisotopic (exact) mass is 194 g/mol. The molecule has 0 saturated carbocycles. The summed E-state index contributed by atoms with van der Waals surface area (Å²) in [4.78, 5) is 0. The molecule has 0 nitrogen and oxygen atoms in total. The highest BCUT2D eigenvalue weighted by Gasteiger charge is 1.93. The van der Waals surface area contributed by atoms with Crippen LogP contribution < -0.4 is 0 Å². The molecule has 0 aliphatic carbocycles. The average Bonchev–Trinajstić information content (AvgIpc) is 2.22. The first-order chi connectivity index (χ1) is 6.85. The summed E-state index contributed by atoms with van der Waals surface area (Å²) in [6.07, 6.45) is 17.0. The molecule has 0 aliphatic heterocycles. The van der Waals surface area contributed by atoms with Crippen molar-refractivity contribution >= 4 is 0 Å². The molecule has 1 atom stereocenters. The first-order valence-corrected chi connectivity index (χ1v) is 6.18. The van der Waals surface area contributed by atoms with Crippen LogP contribution in [-0.2, 0) is 0 Å². The smallest absolute Gasteiger partial charge is 0.00561 e. The highest BCUT2D eigenvalue weighted by Crippen LogP contribution is 2.09. The molecule has 0 amide bonds. The van der Waals surface area contributed by atoms with Gasteiger partial charge in [0.05, 0.1) is 0 Å².